The Balaban J connectivity index is 1.50. The van der Waals surface area contributed by atoms with Crippen LogP contribution in [0.1, 0.15) is 42.5 Å². The van der Waals surface area contributed by atoms with Crippen LogP contribution in [0.4, 0.5) is 5.69 Å². The summed E-state index contributed by atoms with van der Waals surface area (Å²) in [6.07, 6.45) is 2.46. The predicted molar refractivity (Wildman–Crippen MR) is 150 cm³/mol. The Morgan fingerprint density at radius 3 is 2.49 bits per heavy atom. The Hall–Kier alpha value is -3.91. The van der Waals surface area contributed by atoms with Crippen molar-refractivity contribution in [1.82, 2.24) is 20.1 Å². The Kier molecular flexibility index (Phi) is 8.74. The van der Waals surface area contributed by atoms with Gasteiger partial charge in [0, 0.05) is 23.2 Å². The molecule has 1 unspecified atom stereocenters. The van der Waals surface area contributed by atoms with Gasteiger partial charge in [-0.3, -0.25) is 9.59 Å². The van der Waals surface area contributed by atoms with E-state index in [1.54, 1.807) is 18.2 Å². The number of carbonyl (C=O) groups excluding carboxylic acids is 2. The fourth-order valence-electron chi connectivity index (χ4n) is 4.15. The zero-order valence-electron chi connectivity index (χ0n) is 21.1. The normalized spacial score (nSPS) is 11.9. The van der Waals surface area contributed by atoms with Crippen molar-refractivity contribution in [2.75, 3.05) is 11.1 Å². The molecule has 2 amide bonds. The lowest BCUT2D eigenvalue weighted by molar-refractivity contribution is -0.113. The van der Waals surface area contributed by atoms with E-state index in [0.717, 1.165) is 16.5 Å². The number of hydrogen-bond acceptors (Lipinski definition) is 5. The van der Waals surface area contributed by atoms with Crippen LogP contribution in [0.2, 0.25) is 0 Å². The second-order valence-corrected chi connectivity index (χ2v) is 10.1. The molecule has 7 nitrogen and oxygen atoms in total. The van der Waals surface area contributed by atoms with Crippen molar-refractivity contribution in [1.29, 1.82) is 0 Å². The number of fused-ring (bicyclic) bond motifs is 1. The molecule has 0 radical (unpaired) electrons. The fraction of sp³-hybridized carbons (Fsp3) is 0.241. The number of nitrogens with zero attached hydrogens (tertiary/aromatic N) is 3. The lowest BCUT2D eigenvalue weighted by atomic mass is 10.0. The molecule has 4 aromatic rings. The van der Waals surface area contributed by atoms with Gasteiger partial charge in [-0.1, -0.05) is 86.3 Å². The maximum atomic E-state index is 12.9. The Morgan fingerprint density at radius 1 is 1.00 bits per heavy atom. The lowest BCUT2D eigenvalue weighted by Crippen LogP contribution is -2.31. The summed E-state index contributed by atoms with van der Waals surface area (Å²) in [7, 11) is 0. The maximum absolute atomic E-state index is 12.9. The highest BCUT2D eigenvalue weighted by Crippen LogP contribution is 2.27. The quantitative estimate of drug-likeness (QED) is 0.194. The average Bonchev–Trinajstić information content (AvgIpc) is 3.30. The SMILES string of the molecule is C=CCn1c(SCC(=O)Nc2cccc3ccccc23)nnc1C(CC(C)C)NC(=O)c1ccccc1. The molecule has 190 valence electrons. The molecule has 0 aliphatic carbocycles. The van der Waals surface area contributed by atoms with E-state index in [0.29, 0.717) is 35.4 Å². The summed E-state index contributed by atoms with van der Waals surface area (Å²) >= 11 is 1.31. The number of anilines is 1. The minimum atomic E-state index is -0.334. The number of aromatic nitrogens is 3. The third kappa shape index (κ3) is 6.65. The molecule has 4 rings (SSSR count). The number of thioether (sulfide) groups is 1. The van der Waals surface area contributed by atoms with Gasteiger partial charge in [0.25, 0.3) is 5.91 Å². The smallest absolute Gasteiger partial charge is 0.251 e. The maximum Gasteiger partial charge on any atom is 0.251 e. The summed E-state index contributed by atoms with van der Waals surface area (Å²) in [6, 6.07) is 22.6. The number of amides is 2. The summed E-state index contributed by atoms with van der Waals surface area (Å²) < 4.78 is 1.92. The molecule has 1 atom stereocenters. The van der Waals surface area contributed by atoms with E-state index in [-0.39, 0.29) is 23.6 Å². The molecule has 2 N–H and O–H groups in total. The highest BCUT2D eigenvalue weighted by molar-refractivity contribution is 7.99. The van der Waals surface area contributed by atoms with Crippen molar-refractivity contribution < 1.29 is 9.59 Å². The number of carbonyl (C=O) groups is 2. The van der Waals surface area contributed by atoms with Gasteiger partial charge in [-0.15, -0.1) is 16.8 Å². The Morgan fingerprint density at radius 2 is 1.73 bits per heavy atom. The molecule has 0 bridgehead atoms. The van der Waals surface area contributed by atoms with Gasteiger partial charge in [-0.25, -0.2) is 0 Å². The predicted octanol–water partition coefficient (Wildman–Crippen LogP) is 5.87. The van der Waals surface area contributed by atoms with Gasteiger partial charge in [-0.05, 0) is 35.9 Å². The summed E-state index contributed by atoms with van der Waals surface area (Å²) in [5, 5.41) is 17.6. The van der Waals surface area contributed by atoms with Crippen LogP contribution in [0, 0.1) is 5.92 Å². The van der Waals surface area contributed by atoms with Gasteiger partial charge in [0.2, 0.25) is 5.91 Å². The zero-order chi connectivity index (χ0) is 26.2. The molecule has 0 spiro atoms. The van der Waals surface area contributed by atoms with Crippen LogP contribution in [-0.4, -0.2) is 32.3 Å². The summed E-state index contributed by atoms with van der Waals surface area (Å²) in [4.78, 5) is 25.7. The molecule has 1 heterocycles. The summed E-state index contributed by atoms with van der Waals surface area (Å²) in [5.74, 6) is 0.839. The molecule has 0 fully saturated rings. The second-order valence-electron chi connectivity index (χ2n) is 9.13. The zero-order valence-corrected chi connectivity index (χ0v) is 21.9. The second kappa shape index (κ2) is 12.4. The van der Waals surface area contributed by atoms with E-state index in [9.17, 15) is 9.59 Å². The molecule has 0 aliphatic rings. The first-order chi connectivity index (χ1) is 18.0. The van der Waals surface area contributed by atoms with Crippen molar-refractivity contribution in [2.45, 2.75) is 38.0 Å². The topological polar surface area (TPSA) is 88.9 Å². The van der Waals surface area contributed by atoms with Crippen LogP contribution in [0.5, 0.6) is 0 Å². The molecule has 8 heteroatoms. The van der Waals surface area contributed by atoms with Gasteiger partial charge in [-0.2, -0.15) is 0 Å². The molecule has 0 saturated heterocycles. The van der Waals surface area contributed by atoms with Crippen molar-refractivity contribution >= 4 is 40.0 Å². The minimum Gasteiger partial charge on any atom is -0.342 e. The number of nitrogens with one attached hydrogen (secondary N) is 2. The van der Waals surface area contributed by atoms with E-state index in [1.807, 2.05) is 65.2 Å². The van der Waals surface area contributed by atoms with Crippen molar-refractivity contribution in [3.63, 3.8) is 0 Å². The van der Waals surface area contributed by atoms with Crippen LogP contribution < -0.4 is 10.6 Å². The standard InChI is InChI=1S/C29H31N5O2S/c1-4-17-34-27(25(18-20(2)3)31-28(36)22-12-6-5-7-13-22)32-33-29(34)37-19-26(35)30-24-16-10-14-21-11-8-9-15-23(21)24/h4-16,20,25H,1,17-19H2,2-3H3,(H,30,35)(H,31,36). The van der Waals surface area contributed by atoms with Crippen LogP contribution in [0.15, 0.2) is 90.6 Å². The molecular formula is C29H31N5O2S. The first kappa shape index (κ1) is 26.2. The summed E-state index contributed by atoms with van der Waals surface area (Å²) in [6.45, 7) is 8.54. The van der Waals surface area contributed by atoms with Crippen molar-refractivity contribution in [2.24, 2.45) is 5.92 Å². The number of benzene rings is 3. The highest BCUT2D eigenvalue weighted by Gasteiger charge is 2.24. The van der Waals surface area contributed by atoms with Gasteiger partial charge in [0.05, 0.1) is 11.8 Å². The largest absolute Gasteiger partial charge is 0.342 e. The van der Waals surface area contributed by atoms with E-state index < -0.39 is 0 Å². The van der Waals surface area contributed by atoms with Gasteiger partial charge >= 0.3 is 0 Å². The highest BCUT2D eigenvalue weighted by atomic mass is 32.2. The molecule has 0 saturated carbocycles. The molecule has 0 aliphatic heterocycles. The third-order valence-corrected chi connectivity index (χ3v) is 6.78. The van der Waals surface area contributed by atoms with Crippen LogP contribution in [0.25, 0.3) is 10.8 Å². The fourth-order valence-corrected chi connectivity index (χ4v) is 4.90. The summed E-state index contributed by atoms with van der Waals surface area (Å²) in [5.41, 5.74) is 1.36. The van der Waals surface area contributed by atoms with Crippen LogP contribution in [-0.2, 0) is 11.3 Å². The monoisotopic (exact) mass is 513 g/mol. The Labute approximate surface area is 221 Å². The van der Waals surface area contributed by atoms with E-state index in [4.69, 9.17) is 0 Å². The van der Waals surface area contributed by atoms with E-state index in [2.05, 4.69) is 41.3 Å². The number of rotatable bonds is 11. The number of allylic oxidation sites excluding steroid dienone is 1. The average molecular weight is 514 g/mol. The van der Waals surface area contributed by atoms with Gasteiger partial charge < -0.3 is 15.2 Å². The minimum absolute atomic E-state index is 0.132. The molecule has 37 heavy (non-hydrogen) atoms. The number of hydrogen-bond donors (Lipinski definition) is 2. The van der Waals surface area contributed by atoms with Crippen molar-refractivity contribution in [3.05, 3.63) is 96.8 Å². The van der Waals surface area contributed by atoms with Crippen LogP contribution >= 0.6 is 11.8 Å². The van der Waals surface area contributed by atoms with Crippen molar-refractivity contribution in [3.8, 4) is 0 Å². The Bertz CT molecular complexity index is 1380. The first-order valence-electron chi connectivity index (χ1n) is 12.3. The van der Waals surface area contributed by atoms with Gasteiger partial charge in [0.15, 0.2) is 11.0 Å². The molecule has 1 aromatic heterocycles. The molecule has 3 aromatic carbocycles. The van der Waals surface area contributed by atoms with E-state index >= 15 is 0 Å². The van der Waals surface area contributed by atoms with E-state index in [1.165, 1.54) is 11.8 Å². The van der Waals surface area contributed by atoms with Gasteiger partial charge in [0.1, 0.15) is 0 Å². The lowest BCUT2D eigenvalue weighted by Gasteiger charge is -2.21. The third-order valence-electron chi connectivity index (χ3n) is 5.81. The first-order valence-corrected chi connectivity index (χ1v) is 13.2. The molecular weight excluding hydrogens is 482 g/mol. The van der Waals surface area contributed by atoms with Crippen LogP contribution in [0.3, 0.4) is 0 Å².